The number of hydrogen-bond donors (Lipinski definition) is 3. The zero-order valence-corrected chi connectivity index (χ0v) is 18.5. The van der Waals surface area contributed by atoms with E-state index in [2.05, 4.69) is 5.32 Å². The van der Waals surface area contributed by atoms with Crippen LogP contribution in [-0.2, 0) is 9.53 Å². The number of hydrogen-bond acceptors (Lipinski definition) is 6. The third kappa shape index (κ3) is 9.53. The Morgan fingerprint density at radius 3 is 2.40 bits per heavy atom. The van der Waals surface area contributed by atoms with Gasteiger partial charge in [0.05, 0.1) is 17.8 Å². The standard InChI is InChI=1S/C11H17N3O3.C8H6Cl2O3/c1-11(2,3)17-10(15)13-8-5-6-14(12)7-9(8)16-4;9-5-1-2-7(6(10)3-5)13-4-8(11)12/h5-7H,12H2,1-4H3;1-3H,4H2,(H,11,12)/p+1. The van der Waals surface area contributed by atoms with Gasteiger partial charge in [-0.1, -0.05) is 27.9 Å². The van der Waals surface area contributed by atoms with Gasteiger partial charge >= 0.3 is 12.1 Å². The smallest absolute Gasteiger partial charge is 0.412 e. The summed E-state index contributed by atoms with van der Waals surface area (Å²) >= 11 is 11.3. The van der Waals surface area contributed by atoms with Crippen molar-refractivity contribution in [3.05, 3.63) is 46.7 Å². The normalized spacial score (nSPS) is 10.3. The fourth-order valence-electron chi connectivity index (χ4n) is 1.90. The third-order valence-corrected chi connectivity index (χ3v) is 3.58. The molecular formula is C19H24Cl2N3O6+. The molecule has 1 amide bonds. The van der Waals surface area contributed by atoms with E-state index in [1.54, 1.807) is 45.3 Å². The monoisotopic (exact) mass is 460 g/mol. The quantitative estimate of drug-likeness (QED) is 0.460. The molecule has 0 aliphatic carbocycles. The zero-order chi connectivity index (χ0) is 22.9. The summed E-state index contributed by atoms with van der Waals surface area (Å²) in [5.74, 6) is 5.25. The first-order valence-electron chi connectivity index (χ1n) is 8.55. The van der Waals surface area contributed by atoms with E-state index >= 15 is 0 Å². The molecule has 0 unspecified atom stereocenters. The van der Waals surface area contributed by atoms with E-state index in [0.29, 0.717) is 27.2 Å². The number of methoxy groups -OCH3 is 1. The lowest BCUT2D eigenvalue weighted by atomic mass is 10.2. The summed E-state index contributed by atoms with van der Waals surface area (Å²) in [7, 11) is 1.50. The first-order chi connectivity index (χ1) is 13.9. The molecule has 1 aromatic carbocycles. The number of pyridine rings is 1. The van der Waals surface area contributed by atoms with Crippen LogP contribution in [0.3, 0.4) is 0 Å². The molecule has 11 heteroatoms. The average molecular weight is 461 g/mol. The van der Waals surface area contributed by atoms with Crippen LogP contribution in [0.1, 0.15) is 20.8 Å². The van der Waals surface area contributed by atoms with Crippen LogP contribution in [0, 0.1) is 0 Å². The van der Waals surface area contributed by atoms with E-state index in [1.165, 1.54) is 23.9 Å². The number of ether oxygens (including phenoxy) is 3. The van der Waals surface area contributed by atoms with Crippen LogP contribution in [0.15, 0.2) is 36.7 Å². The summed E-state index contributed by atoms with van der Waals surface area (Å²) in [6.07, 6.45) is 2.60. The summed E-state index contributed by atoms with van der Waals surface area (Å²) < 4.78 is 16.4. The van der Waals surface area contributed by atoms with Crippen LogP contribution in [0.5, 0.6) is 11.5 Å². The lowest BCUT2D eigenvalue weighted by molar-refractivity contribution is -0.639. The maximum Gasteiger partial charge on any atom is 0.412 e. The number of carbonyl (C=O) groups is 2. The Labute approximate surface area is 184 Å². The van der Waals surface area contributed by atoms with Crippen LogP contribution >= 0.6 is 23.2 Å². The fraction of sp³-hybridized carbons (Fsp3) is 0.316. The van der Waals surface area contributed by atoms with Crippen molar-refractivity contribution in [2.45, 2.75) is 26.4 Å². The minimum Gasteiger partial charge on any atom is -0.489 e. The van der Waals surface area contributed by atoms with Gasteiger partial charge in [0.2, 0.25) is 18.1 Å². The number of anilines is 1. The van der Waals surface area contributed by atoms with Gasteiger partial charge < -0.3 is 19.3 Å². The molecule has 1 heterocycles. The number of nitrogens with one attached hydrogen (secondary N) is 1. The van der Waals surface area contributed by atoms with E-state index in [9.17, 15) is 9.59 Å². The highest BCUT2D eigenvalue weighted by molar-refractivity contribution is 6.35. The number of benzene rings is 1. The molecule has 0 spiro atoms. The molecule has 164 valence electrons. The second kappa shape index (κ2) is 11.3. The Bertz CT molecular complexity index is 887. The molecule has 0 fully saturated rings. The number of halogens is 2. The number of aromatic nitrogens is 1. The third-order valence-electron chi connectivity index (χ3n) is 3.05. The highest BCUT2D eigenvalue weighted by Crippen LogP contribution is 2.27. The SMILES string of the molecule is COc1c[n+](N)ccc1NC(=O)OC(C)(C)C.O=C(O)COc1ccc(Cl)cc1Cl. The minimum atomic E-state index is -1.05. The number of carbonyl (C=O) groups excluding carboxylic acids is 1. The molecule has 4 N–H and O–H groups in total. The number of amides is 1. The topological polar surface area (TPSA) is 124 Å². The molecule has 30 heavy (non-hydrogen) atoms. The molecule has 0 aliphatic heterocycles. The van der Waals surface area contributed by atoms with Gasteiger partial charge in [0.15, 0.2) is 6.61 Å². The number of nitrogens with zero attached hydrogens (tertiary/aromatic N) is 1. The number of nitrogens with two attached hydrogens (primary N) is 1. The average Bonchev–Trinajstić information content (AvgIpc) is 2.61. The predicted octanol–water partition coefficient (Wildman–Crippen LogP) is 3.50. The van der Waals surface area contributed by atoms with Crippen LogP contribution in [0.25, 0.3) is 0 Å². The van der Waals surface area contributed by atoms with Crippen molar-refractivity contribution in [1.29, 1.82) is 0 Å². The molecule has 9 nitrogen and oxygen atoms in total. The largest absolute Gasteiger partial charge is 0.489 e. The summed E-state index contributed by atoms with van der Waals surface area (Å²) in [4.78, 5) is 21.7. The summed E-state index contributed by atoms with van der Waals surface area (Å²) in [5.41, 5.74) is -0.0386. The molecule has 0 atom stereocenters. The van der Waals surface area contributed by atoms with E-state index < -0.39 is 24.3 Å². The molecule has 0 aliphatic rings. The highest BCUT2D eigenvalue weighted by Gasteiger charge is 2.18. The van der Waals surface area contributed by atoms with Gasteiger partial charge in [0, 0.05) is 11.1 Å². The second-order valence-corrected chi connectivity index (χ2v) is 7.60. The van der Waals surface area contributed by atoms with Crippen molar-refractivity contribution in [1.82, 2.24) is 0 Å². The highest BCUT2D eigenvalue weighted by atomic mass is 35.5. The van der Waals surface area contributed by atoms with Crippen LogP contribution in [0.2, 0.25) is 10.0 Å². The molecule has 0 saturated heterocycles. The first-order valence-corrected chi connectivity index (χ1v) is 9.31. The summed E-state index contributed by atoms with van der Waals surface area (Å²) in [6, 6.07) is 6.21. The van der Waals surface area contributed by atoms with E-state index in [1.807, 2.05) is 0 Å². The van der Waals surface area contributed by atoms with Gasteiger partial charge in [-0.05, 0) is 39.0 Å². The van der Waals surface area contributed by atoms with E-state index in [-0.39, 0.29) is 0 Å². The van der Waals surface area contributed by atoms with Gasteiger partial charge in [-0.2, -0.15) is 0 Å². The van der Waals surface area contributed by atoms with Crippen molar-refractivity contribution in [2.75, 3.05) is 24.9 Å². The Morgan fingerprint density at radius 2 is 1.87 bits per heavy atom. The minimum absolute atomic E-state index is 0.300. The summed E-state index contributed by atoms with van der Waals surface area (Å²) in [6.45, 7) is 4.97. The first kappa shape index (κ1) is 25.1. The van der Waals surface area contributed by atoms with Gasteiger partial charge in [0.25, 0.3) is 0 Å². The molecule has 2 aromatic rings. The van der Waals surface area contributed by atoms with Crippen LogP contribution in [-0.4, -0.2) is 36.5 Å². The Hall–Kier alpha value is -2.91. The second-order valence-electron chi connectivity index (χ2n) is 6.76. The van der Waals surface area contributed by atoms with Gasteiger partial charge in [-0.3, -0.25) is 5.32 Å². The molecule has 0 saturated carbocycles. The van der Waals surface area contributed by atoms with Crippen LogP contribution < -0.4 is 25.3 Å². The van der Waals surface area contributed by atoms with Crippen molar-refractivity contribution in [3.63, 3.8) is 0 Å². The molecule has 0 radical (unpaired) electrons. The number of rotatable bonds is 5. The molecule has 1 aromatic heterocycles. The summed E-state index contributed by atoms with van der Waals surface area (Å²) in [5, 5.41) is 11.7. The number of carboxylic acids is 1. The van der Waals surface area contributed by atoms with Crippen molar-refractivity contribution in [2.24, 2.45) is 0 Å². The number of aliphatic carboxylic acids is 1. The Kier molecular flexibility index (Phi) is 9.48. The number of carboxylic acid groups (broad SMARTS) is 1. The van der Waals surface area contributed by atoms with E-state index in [4.69, 9.17) is 48.4 Å². The molecule has 0 bridgehead atoms. The van der Waals surface area contributed by atoms with Crippen molar-refractivity contribution >= 4 is 41.0 Å². The fourth-order valence-corrected chi connectivity index (χ4v) is 2.37. The van der Waals surface area contributed by atoms with Gasteiger partial charge in [0.1, 0.15) is 11.4 Å². The maximum absolute atomic E-state index is 11.6. The lowest BCUT2D eigenvalue weighted by Crippen LogP contribution is -2.43. The Balaban J connectivity index is 0.000000311. The van der Waals surface area contributed by atoms with Crippen molar-refractivity contribution < 1.29 is 33.6 Å². The Morgan fingerprint density at radius 1 is 1.20 bits per heavy atom. The van der Waals surface area contributed by atoms with Gasteiger partial charge in [-0.15, -0.1) is 0 Å². The van der Waals surface area contributed by atoms with Gasteiger partial charge in [-0.25, -0.2) is 15.4 Å². The van der Waals surface area contributed by atoms with Crippen molar-refractivity contribution in [3.8, 4) is 11.5 Å². The lowest BCUT2D eigenvalue weighted by Gasteiger charge is -2.19. The molecular weight excluding hydrogens is 437 g/mol. The van der Waals surface area contributed by atoms with Crippen LogP contribution in [0.4, 0.5) is 10.5 Å². The number of nitrogen functional groups attached to an aromatic ring is 1. The molecule has 2 rings (SSSR count). The maximum atomic E-state index is 11.6. The predicted molar refractivity (Wildman–Crippen MR) is 113 cm³/mol. The van der Waals surface area contributed by atoms with E-state index in [0.717, 1.165) is 0 Å². The zero-order valence-electron chi connectivity index (χ0n) is 16.9.